The molecule has 0 aliphatic carbocycles. The van der Waals surface area contributed by atoms with Crippen LogP contribution in [0.15, 0.2) is 9.21 Å². The van der Waals surface area contributed by atoms with E-state index in [1.54, 1.807) is 0 Å². The van der Waals surface area contributed by atoms with Crippen LogP contribution in [0.2, 0.25) is 0 Å². The van der Waals surface area contributed by atoms with Crippen molar-refractivity contribution in [3.05, 3.63) is 26.8 Å². The monoisotopic (exact) mass is 228 g/mol. The molecular weight excluding hydrogens is 221 g/mol. The zero-order chi connectivity index (χ0) is 8.74. The van der Waals surface area contributed by atoms with Gasteiger partial charge in [0.05, 0.1) is 0 Å². The van der Waals surface area contributed by atoms with Crippen LogP contribution < -0.4 is 5.36 Å². The second-order valence-corrected chi connectivity index (χ2v) is 12.4. The lowest BCUT2D eigenvalue weighted by molar-refractivity contribution is 0.469. The van der Waals surface area contributed by atoms with Crippen LogP contribution in [-0.2, 0) is 6.42 Å². The van der Waals surface area contributed by atoms with Gasteiger partial charge in [-0.05, 0) is 12.2 Å². The van der Waals surface area contributed by atoms with Gasteiger partial charge in [0, 0.05) is 31.0 Å². The summed E-state index contributed by atoms with van der Waals surface area (Å²) in [6.45, 7) is 2.10. The summed E-state index contributed by atoms with van der Waals surface area (Å²) in [4.78, 5) is 11.2. The molecule has 0 bridgehead atoms. The molecule has 4 heterocycles. The molecule has 3 aliphatic rings. The highest BCUT2D eigenvalue weighted by Crippen LogP contribution is 3.25. The van der Waals surface area contributed by atoms with Crippen LogP contribution in [0.5, 0.6) is 0 Å². The van der Waals surface area contributed by atoms with E-state index >= 15 is 0 Å². The fourth-order valence-electron chi connectivity index (χ4n) is 2.38. The maximum atomic E-state index is 11.2. The zero-order valence-corrected chi connectivity index (χ0v) is 9.70. The van der Waals surface area contributed by atoms with Crippen molar-refractivity contribution in [2.45, 2.75) is 24.1 Å². The van der Waals surface area contributed by atoms with E-state index in [0.29, 0.717) is 15.2 Å². The molecule has 0 spiro atoms. The van der Waals surface area contributed by atoms with Crippen LogP contribution in [0.25, 0.3) is 0 Å². The van der Waals surface area contributed by atoms with Crippen molar-refractivity contribution in [3.63, 3.8) is 0 Å². The molecule has 2 atom stereocenters. The number of aryl methyl sites for hydroxylation is 1. The Kier molecular flexibility index (Phi) is 1.21. The molecule has 2 saturated heterocycles. The SMILES string of the molecule is Cc1pc(=O)oc2c1C1P3C(C2)P13. The summed E-state index contributed by atoms with van der Waals surface area (Å²) in [5.74, 6) is 1.05. The normalized spacial score (nSPS) is 42.8. The van der Waals surface area contributed by atoms with Crippen molar-refractivity contribution < 1.29 is 4.42 Å². The van der Waals surface area contributed by atoms with E-state index in [4.69, 9.17) is 4.42 Å². The first-order valence-electron chi connectivity index (χ1n) is 4.34. The standard InChI is InChI=1S/C8H7O2P3/c1-3-6-4(10-8(9)11-3)2-5-12-7(6)13(5)12/h5,7H,2H2,1H3. The average Bonchev–Trinajstić information content (AvgIpc) is 2.91. The Labute approximate surface area is 79.2 Å². The molecule has 2 unspecified atom stereocenters. The Balaban J connectivity index is 2.03. The fraction of sp³-hybridized carbons (Fsp3) is 0.500. The minimum Gasteiger partial charge on any atom is -0.424 e. The van der Waals surface area contributed by atoms with Gasteiger partial charge in [-0.25, -0.2) is 4.79 Å². The van der Waals surface area contributed by atoms with Crippen molar-refractivity contribution in [1.82, 2.24) is 0 Å². The average molecular weight is 228 g/mol. The summed E-state index contributed by atoms with van der Waals surface area (Å²) < 4.78 is 5.30. The summed E-state index contributed by atoms with van der Waals surface area (Å²) in [6.07, 6.45) is 1.10. The summed E-state index contributed by atoms with van der Waals surface area (Å²) in [5, 5.41) is 3.17. The summed E-state index contributed by atoms with van der Waals surface area (Å²) in [7, 11) is 1.72. The van der Waals surface area contributed by atoms with Crippen LogP contribution in [-0.4, -0.2) is 5.40 Å². The van der Waals surface area contributed by atoms with Crippen molar-refractivity contribution >= 4 is 23.4 Å². The minimum atomic E-state index is -0.0619. The molecule has 1 aromatic rings. The molecule has 0 radical (unpaired) electrons. The smallest absolute Gasteiger partial charge is 0.361 e. The molecule has 0 amide bonds. The van der Waals surface area contributed by atoms with Gasteiger partial charge >= 0.3 is 5.36 Å². The Bertz CT molecular complexity index is 471. The van der Waals surface area contributed by atoms with Gasteiger partial charge < -0.3 is 4.42 Å². The van der Waals surface area contributed by atoms with E-state index in [2.05, 4.69) is 6.92 Å². The third kappa shape index (κ3) is 0.793. The lowest BCUT2D eigenvalue weighted by Gasteiger charge is -2.21. The van der Waals surface area contributed by atoms with Crippen molar-refractivity contribution in [2.24, 2.45) is 0 Å². The van der Waals surface area contributed by atoms with Crippen LogP contribution in [0.3, 0.4) is 0 Å². The lowest BCUT2D eigenvalue weighted by Crippen LogP contribution is -2.11. The van der Waals surface area contributed by atoms with Crippen LogP contribution in [0.1, 0.15) is 22.0 Å². The molecule has 3 aliphatic heterocycles. The van der Waals surface area contributed by atoms with Gasteiger partial charge in [-0.1, -0.05) is 15.2 Å². The molecule has 1 aromatic heterocycles. The minimum absolute atomic E-state index is 0.0619. The van der Waals surface area contributed by atoms with Crippen LogP contribution in [0.4, 0.5) is 0 Å². The molecule has 13 heavy (non-hydrogen) atoms. The van der Waals surface area contributed by atoms with Gasteiger partial charge in [0.15, 0.2) is 0 Å². The molecule has 2 fully saturated rings. The van der Waals surface area contributed by atoms with Crippen molar-refractivity contribution in [3.8, 4) is 0 Å². The van der Waals surface area contributed by atoms with Crippen LogP contribution in [0, 0.1) is 6.92 Å². The zero-order valence-electron chi connectivity index (χ0n) is 7.02. The first-order valence-corrected chi connectivity index (χ1v) is 8.90. The largest absolute Gasteiger partial charge is 0.424 e. The first-order chi connectivity index (χ1) is 6.27. The first kappa shape index (κ1) is 7.52. The fourth-order valence-corrected chi connectivity index (χ4v) is 13.5. The van der Waals surface area contributed by atoms with Gasteiger partial charge in [0.2, 0.25) is 0 Å². The Morgan fingerprint density at radius 1 is 1.54 bits per heavy atom. The van der Waals surface area contributed by atoms with Gasteiger partial charge in [-0.3, -0.25) is 0 Å². The topological polar surface area (TPSA) is 30.2 Å². The van der Waals surface area contributed by atoms with Crippen molar-refractivity contribution in [1.29, 1.82) is 0 Å². The molecule has 0 N–H and O–H groups in total. The van der Waals surface area contributed by atoms with E-state index in [-0.39, 0.29) is 5.36 Å². The maximum absolute atomic E-state index is 11.2. The third-order valence-corrected chi connectivity index (χ3v) is 12.8. The predicted octanol–water partition coefficient (Wildman–Crippen LogP) is 3.32. The molecule has 4 rings (SSSR count). The van der Waals surface area contributed by atoms with Gasteiger partial charge in [-0.15, -0.1) is 0 Å². The third-order valence-electron chi connectivity index (χ3n) is 3.06. The molecule has 0 aromatic carbocycles. The summed E-state index contributed by atoms with van der Waals surface area (Å²) >= 11 is 0. The number of hydrogen-bond acceptors (Lipinski definition) is 2. The highest BCUT2D eigenvalue weighted by Gasteiger charge is 2.76. The van der Waals surface area contributed by atoms with Gasteiger partial charge in [-0.2, -0.15) is 0 Å². The lowest BCUT2D eigenvalue weighted by atomic mass is 10.2. The molecular formula is C8H7O2P3. The Morgan fingerprint density at radius 3 is 3.08 bits per heavy atom. The Hall–Kier alpha value is 0.240. The summed E-state index contributed by atoms with van der Waals surface area (Å²) in [6, 6.07) is 0. The van der Waals surface area contributed by atoms with E-state index in [9.17, 15) is 4.79 Å². The molecule has 2 nitrogen and oxygen atoms in total. The maximum Gasteiger partial charge on any atom is 0.361 e. The van der Waals surface area contributed by atoms with Gasteiger partial charge in [0.25, 0.3) is 0 Å². The second kappa shape index (κ2) is 2.08. The number of rotatable bonds is 0. The quantitative estimate of drug-likeness (QED) is 0.637. The van der Waals surface area contributed by atoms with E-state index in [1.165, 1.54) is 10.9 Å². The highest BCUT2D eigenvalue weighted by atomic mass is 32.2. The number of hydrogen-bond donors (Lipinski definition) is 0. The van der Waals surface area contributed by atoms with E-state index < -0.39 is 0 Å². The van der Waals surface area contributed by atoms with Crippen LogP contribution >= 0.6 is 23.4 Å². The molecule has 0 saturated carbocycles. The molecule has 66 valence electrons. The van der Waals surface area contributed by atoms with E-state index in [0.717, 1.165) is 31.2 Å². The van der Waals surface area contributed by atoms with Crippen molar-refractivity contribution in [2.75, 3.05) is 0 Å². The predicted molar refractivity (Wildman–Crippen MR) is 56.3 cm³/mol. The van der Waals surface area contributed by atoms with Gasteiger partial charge in [0.1, 0.15) is 5.76 Å². The second-order valence-electron chi connectivity index (χ2n) is 3.72. The summed E-state index contributed by atoms with van der Waals surface area (Å²) in [5.41, 5.74) is 1.47. The highest BCUT2D eigenvalue weighted by molar-refractivity contribution is 8.61. The Morgan fingerprint density at radius 2 is 2.31 bits per heavy atom. The molecule has 5 heteroatoms. The van der Waals surface area contributed by atoms with E-state index in [1.807, 2.05) is 0 Å². The number of fused-ring (bicyclic) bond motifs is 4.